The minimum Gasteiger partial charge on any atom is -0.368 e. The first-order valence-electron chi connectivity index (χ1n) is 8.00. The maximum absolute atomic E-state index is 12.4. The quantitative estimate of drug-likeness (QED) is 0.802. The van der Waals surface area contributed by atoms with Crippen molar-refractivity contribution in [3.05, 3.63) is 11.6 Å². The van der Waals surface area contributed by atoms with E-state index < -0.39 is 6.04 Å². The predicted molar refractivity (Wildman–Crippen MR) is 85.5 cm³/mol. The molecule has 0 aliphatic carbocycles. The van der Waals surface area contributed by atoms with Crippen molar-refractivity contribution in [3.63, 3.8) is 0 Å². The Morgan fingerprint density at radius 1 is 1.30 bits per heavy atom. The number of amides is 2. The van der Waals surface area contributed by atoms with Gasteiger partial charge in [-0.15, -0.1) is 0 Å². The van der Waals surface area contributed by atoms with E-state index in [2.05, 4.69) is 15.0 Å². The Kier molecular flexibility index (Phi) is 5.35. The molecule has 0 radical (unpaired) electrons. The number of aryl methyl sites for hydroxylation is 3. The molecule has 8 nitrogen and oxygen atoms in total. The number of nitrogens with two attached hydrogens (primary N) is 1. The summed E-state index contributed by atoms with van der Waals surface area (Å²) in [7, 11) is 0. The summed E-state index contributed by atoms with van der Waals surface area (Å²) in [6.45, 7) is 9.91. The number of aromatic nitrogens is 3. The molecule has 0 bridgehead atoms. The molecular formula is C15H26N6O2. The summed E-state index contributed by atoms with van der Waals surface area (Å²) < 4.78 is 1.74. The molecule has 2 heterocycles. The van der Waals surface area contributed by atoms with Crippen LogP contribution in [0.3, 0.4) is 0 Å². The van der Waals surface area contributed by atoms with E-state index in [1.54, 1.807) is 9.58 Å². The second-order valence-electron chi connectivity index (χ2n) is 6.27. The Bertz CT molecular complexity index is 583. The fourth-order valence-corrected chi connectivity index (χ4v) is 3.03. The van der Waals surface area contributed by atoms with Crippen molar-refractivity contribution in [2.24, 2.45) is 5.73 Å². The minimum atomic E-state index is -0.414. The van der Waals surface area contributed by atoms with Gasteiger partial charge >= 0.3 is 0 Å². The number of nitrogens with zero attached hydrogens (tertiary/aromatic N) is 5. The van der Waals surface area contributed by atoms with Gasteiger partial charge in [0.1, 0.15) is 17.7 Å². The molecule has 1 aromatic rings. The average Bonchev–Trinajstić information content (AvgIpc) is 2.81. The van der Waals surface area contributed by atoms with Crippen molar-refractivity contribution in [2.75, 3.05) is 19.6 Å². The lowest BCUT2D eigenvalue weighted by atomic mass is 10.1. The zero-order valence-corrected chi connectivity index (χ0v) is 14.3. The highest BCUT2D eigenvalue weighted by Gasteiger charge is 2.34. The van der Waals surface area contributed by atoms with Crippen LogP contribution in [-0.4, -0.2) is 68.1 Å². The molecule has 1 aliphatic heterocycles. The Balaban J connectivity index is 1.95. The van der Waals surface area contributed by atoms with Crippen LogP contribution >= 0.6 is 0 Å². The lowest BCUT2D eigenvalue weighted by molar-refractivity contribution is -0.138. The SMILES string of the molecule is Cc1nc(C)n(CCC(=O)N2CCN(C(C)C)C(C(N)=O)C2)n1. The van der Waals surface area contributed by atoms with E-state index in [1.165, 1.54) is 0 Å². The van der Waals surface area contributed by atoms with Crippen molar-refractivity contribution >= 4 is 11.8 Å². The summed E-state index contributed by atoms with van der Waals surface area (Å²) in [6.07, 6.45) is 0.344. The molecule has 0 saturated carbocycles. The summed E-state index contributed by atoms with van der Waals surface area (Å²) in [5.41, 5.74) is 5.50. The molecule has 2 amide bonds. The van der Waals surface area contributed by atoms with Gasteiger partial charge in [0.25, 0.3) is 0 Å². The third kappa shape index (κ3) is 4.07. The highest BCUT2D eigenvalue weighted by Crippen LogP contribution is 2.14. The molecule has 0 aromatic carbocycles. The average molecular weight is 322 g/mol. The van der Waals surface area contributed by atoms with Crippen LogP contribution in [0.15, 0.2) is 0 Å². The van der Waals surface area contributed by atoms with Crippen molar-refractivity contribution in [3.8, 4) is 0 Å². The van der Waals surface area contributed by atoms with Crippen LogP contribution in [0.4, 0.5) is 0 Å². The van der Waals surface area contributed by atoms with Gasteiger partial charge in [0.2, 0.25) is 11.8 Å². The Labute approximate surface area is 136 Å². The van der Waals surface area contributed by atoms with Crippen LogP contribution in [0.1, 0.15) is 31.9 Å². The Morgan fingerprint density at radius 2 is 2.00 bits per heavy atom. The van der Waals surface area contributed by atoms with E-state index in [0.717, 1.165) is 5.82 Å². The van der Waals surface area contributed by atoms with Crippen molar-refractivity contribution < 1.29 is 9.59 Å². The van der Waals surface area contributed by atoms with E-state index in [1.807, 2.05) is 27.7 Å². The molecule has 1 fully saturated rings. The first-order chi connectivity index (χ1) is 10.8. The molecule has 1 unspecified atom stereocenters. The van der Waals surface area contributed by atoms with E-state index in [4.69, 9.17) is 5.73 Å². The summed E-state index contributed by atoms with van der Waals surface area (Å²) in [4.78, 5) is 32.1. The fourth-order valence-electron chi connectivity index (χ4n) is 3.03. The van der Waals surface area contributed by atoms with Gasteiger partial charge in [-0.2, -0.15) is 5.10 Å². The number of carbonyl (C=O) groups is 2. The van der Waals surface area contributed by atoms with Crippen LogP contribution in [0, 0.1) is 13.8 Å². The van der Waals surface area contributed by atoms with Crippen LogP contribution in [0.5, 0.6) is 0 Å². The molecule has 8 heteroatoms. The summed E-state index contributed by atoms with van der Waals surface area (Å²) in [5, 5.41) is 4.26. The topological polar surface area (TPSA) is 97.4 Å². The number of carbonyl (C=O) groups excluding carboxylic acids is 2. The zero-order valence-electron chi connectivity index (χ0n) is 14.3. The van der Waals surface area contributed by atoms with Gasteiger partial charge in [-0.1, -0.05) is 0 Å². The van der Waals surface area contributed by atoms with E-state index in [9.17, 15) is 9.59 Å². The highest BCUT2D eigenvalue weighted by atomic mass is 16.2. The first kappa shape index (κ1) is 17.4. The van der Waals surface area contributed by atoms with Crippen molar-refractivity contribution in [1.82, 2.24) is 24.6 Å². The summed E-state index contributed by atoms with van der Waals surface area (Å²) in [5.74, 6) is 1.15. The van der Waals surface area contributed by atoms with Crippen LogP contribution in [-0.2, 0) is 16.1 Å². The van der Waals surface area contributed by atoms with Crippen LogP contribution in [0.2, 0.25) is 0 Å². The maximum atomic E-state index is 12.4. The molecule has 2 rings (SSSR count). The molecule has 1 aromatic heterocycles. The lowest BCUT2D eigenvalue weighted by Crippen LogP contribution is -2.61. The van der Waals surface area contributed by atoms with Gasteiger partial charge in [-0.05, 0) is 27.7 Å². The van der Waals surface area contributed by atoms with E-state index >= 15 is 0 Å². The maximum Gasteiger partial charge on any atom is 0.236 e. The standard InChI is InChI=1S/C15H26N6O2/c1-10(2)20-8-7-19(9-13(20)15(16)23)14(22)5-6-21-12(4)17-11(3)18-21/h10,13H,5-9H2,1-4H3,(H2,16,23). The molecule has 1 atom stereocenters. The summed E-state index contributed by atoms with van der Waals surface area (Å²) in [6, 6.07) is -0.187. The molecule has 1 saturated heterocycles. The molecule has 128 valence electrons. The third-order valence-electron chi connectivity index (χ3n) is 4.27. The Hall–Kier alpha value is -1.96. The molecule has 23 heavy (non-hydrogen) atoms. The van der Waals surface area contributed by atoms with Gasteiger partial charge in [0.15, 0.2) is 0 Å². The van der Waals surface area contributed by atoms with Crippen LogP contribution in [0.25, 0.3) is 0 Å². The van der Waals surface area contributed by atoms with Gasteiger partial charge in [-0.25, -0.2) is 9.67 Å². The van der Waals surface area contributed by atoms with Gasteiger partial charge in [-0.3, -0.25) is 14.5 Å². The third-order valence-corrected chi connectivity index (χ3v) is 4.27. The molecular weight excluding hydrogens is 296 g/mol. The highest BCUT2D eigenvalue weighted by molar-refractivity contribution is 5.82. The van der Waals surface area contributed by atoms with Gasteiger partial charge in [0.05, 0.1) is 6.54 Å². The van der Waals surface area contributed by atoms with E-state index in [0.29, 0.717) is 38.4 Å². The second kappa shape index (κ2) is 7.08. The normalized spacial score (nSPS) is 19.3. The smallest absolute Gasteiger partial charge is 0.236 e. The second-order valence-corrected chi connectivity index (χ2v) is 6.27. The molecule has 2 N–H and O–H groups in total. The minimum absolute atomic E-state index is 0.0206. The monoisotopic (exact) mass is 322 g/mol. The number of piperazine rings is 1. The number of rotatable bonds is 5. The van der Waals surface area contributed by atoms with Crippen molar-refractivity contribution in [1.29, 1.82) is 0 Å². The van der Waals surface area contributed by atoms with E-state index in [-0.39, 0.29) is 17.9 Å². The van der Waals surface area contributed by atoms with Crippen molar-refractivity contribution in [2.45, 2.75) is 52.7 Å². The summed E-state index contributed by atoms with van der Waals surface area (Å²) >= 11 is 0. The van der Waals surface area contributed by atoms with Gasteiger partial charge in [0, 0.05) is 32.1 Å². The lowest BCUT2D eigenvalue weighted by Gasteiger charge is -2.42. The first-order valence-corrected chi connectivity index (χ1v) is 8.00. The fraction of sp³-hybridized carbons (Fsp3) is 0.733. The van der Waals surface area contributed by atoms with Crippen LogP contribution < -0.4 is 5.73 Å². The van der Waals surface area contributed by atoms with Gasteiger partial charge < -0.3 is 10.6 Å². The number of hydrogen-bond acceptors (Lipinski definition) is 5. The Morgan fingerprint density at radius 3 is 2.52 bits per heavy atom. The number of primary amides is 1. The largest absolute Gasteiger partial charge is 0.368 e. The number of hydrogen-bond donors (Lipinski definition) is 1. The zero-order chi connectivity index (χ0) is 17.1. The predicted octanol–water partition coefficient (Wildman–Crippen LogP) is -0.308. The molecule has 1 aliphatic rings. The molecule has 0 spiro atoms.